The van der Waals surface area contributed by atoms with Crippen LogP contribution in [0, 0.1) is 13.8 Å². The molecule has 10 heteroatoms. The summed E-state index contributed by atoms with van der Waals surface area (Å²) in [7, 11) is 0. The molecule has 3 aromatic carbocycles. The third kappa shape index (κ3) is 7.30. The van der Waals surface area contributed by atoms with E-state index in [0.717, 1.165) is 92.5 Å². The van der Waals surface area contributed by atoms with Crippen LogP contribution in [0.15, 0.2) is 104 Å². The number of nitrogens with zero attached hydrogens (tertiary/aromatic N) is 7. The van der Waals surface area contributed by atoms with Crippen molar-refractivity contribution in [2.45, 2.75) is 59.7 Å². The van der Waals surface area contributed by atoms with E-state index in [-0.39, 0.29) is 0 Å². The van der Waals surface area contributed by atoms with Crippen LogP contribution in [0.1, 0.15) is 48.9 Å². The van der Waals surface area contributed by atoms with Crippen LogP contribution in [0.2, 0.25) is 0 Å². The van der Waals surface area contributed by atoms with Crippen molar-refractivity contribution in [1.29, 1.82) is 0 Å². The van der Waals surface area contributed by atoms with Crippen molar-refractivity contribution >= 4 is 34.0 Å². The van der Waals surface area contributed by atoms with Crippen LogP contribution in [0.4, 0.5) is 11.5 Å². The highest BCUT2D eigenvalue weighted by atomic mass is 16.4. The molecule has 0 unspecified atom stereocenters. The van der Waals surface area contributed by atoms with Crippen molar-refractivity contribution in [2.75, 3.05) is 25.0 Å². The van der Waals surface area contributed by atoms with Crippen LogP contribution in [0.25, 0.3) is 50.2 Å². The average Bonchev–Trinajstić information content (AvgIpc) is 3.88. The van der Waals surface area contributed by atoms with Gasteiger partial charge in [-0.05, 0) is 128 Å². The number of anilines is 2. The van der Waals surface area contributed by atoms with Crippen molar-refractivity contribution in [2.24, 2.45) is 0 Å². The summed E-state index contributed by atoms with van der Waals surface area (Å²) in [6.07, 6.45) is 8.44. The third-order valence-electron chi connectivity index (χ3n) is 11.1. The number of pyridine rings is 3. The number of benzene rings is 3. The topological polar surface area (TPSA) is 112 Å². The van der Waals surface area contributed by atoms with Gasteiger partial charge in [-0.3, -0.25) is 24.0 Å². The molecule has 5 heterocycles. The Labute approximate surface area is 321 Å². The minimum atomic E-state index is -0.818. The molecule has 1 aliphatic rings. The van der Waals surface area contributed by atoms with Crippen molar-refractivity contribution in [3.63, 3.8) is 0 Å². The Bertz CT molecular complexity index is 2500. The van der Waals surface area contributed by atoms with E-state index in [1.165, 1.54) is 24.0 Å². The van der Waals surface area contributed by atoms with Gasteiger partial charge in [-0.1, -0.05) is 61.5 Å². The molecule has 1 saturated heterocycles. The predicted molar refractivity (Wildman–Crippen MR) is 219 cm³/mol. The van der Waals surface area contributed by atoms with E-state index in [1.54, 1.807) is 6.92 Å². The lowest BCUT2D eigenvalue weighted by molar-refractivity contribution is -0.142. The highest BCUT2D eigenvalue weighted by molar-refractivity contribution is 5.91. The van der Waals surface area contributed by atoms with Crippen molar-refractivity contribution in [3.8, 4) is 33.6 Å². The molecule has 0 saturated carbocycles. The minimum absolute atomic E-state index is 0.552. The highest BCUT2D eigenvalue weighted by Gasteiger charge is 2.20. The van der Waals surface area contributed by atoms with Crippen LogP contribution >= 0.6 is 0 Å². The SMILES string of the molecule is CCN(Cc1ccc(-c2nnc3cc(-c4cccc(-c5cccc(Nc6nccc7cc(CN8CCCC8)cnc67)c5C)c4C)ccn23)cc1)[C@H](C)C(=O)O. The molecule has 8 rings (SSSR count). The third-order valence-corrected chi connectivity index (χ3v) is 11.1. The second-order valence-corrected chi connectivity index (χ2v) is 14.6. The summed E-state index contributed by atoms with van der Waals surface area (Å²) in [6.45, 7) is 12.5. The van der Waals surface area contributed by atoms with Gasteiger partial charge in [-0.15, -0.1) is 10.2 Å². The molecule has 1 fully saturated rings. The summed E-state index contributed by atoms with van der Waals surface area (Å²) in [5.41, 5.74) is 12.7. The van der Waals surface area contributed by atoms with Gasteiger partial charge in [-0.2, -0.15) is 0 Å². The molecule has 1 aliphatic heterocycles. The van der Waals surface area contributed by atoms with Gasteiger partial charge >= 0.3 is 5.97 Å². The van der Waals surface area contributed by atoms with Crippen LogP contribution in [0.5, 0.6) is 0 Å². The molecule has 2 N–H and O–H groups in total. The Balaban J connectivity index is 1.03. The first-order chi connectivity index (χ1) is 26.8. The van der Waals surface area contributed by atoms with E-state index >= 15 is 0 Å². The number of hydrogen-bond donors (Lipinski definition) is 2. The number of likely N-dealkylation sites (tertiary alicyclic amines) is 1. The molecule has 278 valence electrons. The van der Waals surface area contributed by atoms with Crippen molar-refractivity contribution in [1.82, 2.24) is 34.4 Å². The van der Waals surface area contributed by atoms with Crippen LogP contribution in [-0.4, -0.2) is 71.1 Å². The molecule has 0 bridgehead atoms. The molecular formula is C45H46N8O2. The van der Waals surface area contributed by atoms with Gasteiger partial charge in [0.2, 0.25) is 0 Å². The zero-order chi connectivity index (χ0) is 38.1. The smallest absolute Gasteiger partial charge is 0.320 e. The molecule has 0 aliphatic carbocycles. The van der Waals surface area contributed by atoms with Gasteiger partial charge in [0.1, 0.15) is 11.6 Å². The zero-order valence-corrected chi connectivity index (χ0v) is 31.8. The molecule has 55 heavy (non-hydrogen) atoms. The van der Waals surface area contributed by atoms with E-state index < -0.39 is 12.0 Å². The number of aliphatic carboxylic acids is 1. The lowest BCUT2D eigenvalue weighted by atomic mass is 9.90. The zero-order valence-electron chi connectivity index (χ0n) is 31.8. The average molecular weight is 731 g/mol. The van der Waals surface area contributed by atoms with Crippen molar-refractivity contribution < 1.29 is 9.90 Å². The summed E-state index contributed by atoms with van der Waals surface area (Å²) in [5.74, 6) is 0.686. The number of likely N-dealkylation sites (N-methyl/N-ethyl adjacent to an activating group) is 1. The van der Waals surface area contributed by atoms with Gasteiger partial charge in [-0.25, -0.2) is 4.98 Å². The fourth-order valence-corrected chi connectivity index (χ4v) is 7.84. The maximum Gasteiger partial charge on any atom is 0.320 e. The highest BCUT2D eigenvalue weighted by Crippen LogP contribution is 2.37. The first-order valence-electron chi connectivity index (χ1n) is 19.1. The van der Waals surface area contributed by atoms with Gasteiger partial charge < -0.3 is 10.4 Å². The van der Waals surface area contributed by atoms with Gasteiger partial charge in [0.05, 0.1) is 0 Å². The fraction of sp³-hybridized carbons (Fsp3) is 0.267. The normalized spacial score (nSPS) is 13.9. The monoisotopic (exact) mass is 730 g/mol. The Morgan fingerprint density at radius 1 is 0.855 bits per heavy atom. The summed E-state index contributed by atoms with van der Waals surface area (Å²) in [4.78, 5) is 25.5. The lowest BCUT2D eigenvalue weighted by Crippen LogP contribution is -2.38. The maximum absolute atomic E-state index is 11.5. The first kappa shape index (κ1) is 36.0. The number of fused-ring (bicyclic) bond motifs is 2. The molecule has 10 nitrogen and oxygen atoms in total. The maximum atomic E-state index is 11.5. The molecule has 0 spiro atoms. The molecule has 0 radical (unpaired) electrons. The van der Waals surface area contributed by atoms with E-state index in [4.69, 9.17) is 9.97 Å². The van der Waals surface area contributed by atoms with E-state index in [0.29, 0.717) is 13.1 Å². The molecular weight excluding hydrogens is 685 g/mol. The fourth-order valence-electron chi connectivity index (χ4n) is 7.84. The number of aromatic nitrogens is 5. The Hall–Kier alpha value is -5.97. The second-order valence-electron chi connectivity index (χ2n) is 14.6. The summed E-state index contributed by atoms with van der Waals surface area (Å²) >= 11 is 0. The van der Waals surface area contributed by atoms with Gasteiger partial charge in [0.25, 0.3) is 0 Å². The van der Waals surface area contributed by atoms with Crippen LogP contribution < -0.4 is 5.32 Å². The molecule has 4 aromatic heterocycles. The predicted octanol–water partition coefficient (Wildman–Crippen LogP) is 8.92. The van der Waals surface area contributed by atoms with E-state index in [2.05, 4.69) is 88.9 Å². The van der Waals surface area contributed by atoms with Crippen LogP contribution in [0.3, 0.4) is 0 Å². The van der Waals surface area contributed by atoms with Crippen LogP contribution in [-0.2, 0) is 17.9 Å². The number of carboxylic acid groups (broad SMARTS) is 1. The quantitative estimate of drug-likeness (QED) is 0.127. The summed E-state index contributed by atoms with van der Waals surface area (Å²) in [6, 6.07) is 28.9. The standard InChI is InChI=1S/C45H46N8O2/c1-5-52(31(4)45(54)55)28-32-14-16-34(17-15-32)44-50-49-41-25-35(19-23-53(41)44)37-10-8-11-38(29(37)2)39-12-9-13-40(30(39)3)48-43-42-36(18-20-46-43)24-33(26-47-42)27-51-21-6-7-22-51/h8-20,23-26,31H,5-7,21-22,27-28H2,1-4H3,(H,46,48)(H,54,55)/t31-/m1/s1. The number of hydrogen-bond acceptors (Lipinski definition) is 8. The molecule has 1 atom stereocenters. The van der Waals surface area contributed by atoms with Gasteiger partial charge in [0.15, 0.2) is 17.3 Å². The largest absolute Gasteiger partial charge is 0.480 e. The summed E-state index contributed by atoms with van der Waals surface area (Å²) in [5, 5.41) is 23.3. The number of rotatable bonds is 12. The molecule has 7 aromatic rings. The Morgan fingerprint density at radius 3 is 2.36 bits per heavy atom. The number of carbonyl (C=O) groups is 1. The Kier molecular flexibility index (Phi) is 10.1. The molecule has 0 amide bonds. The summed E-state index contributed by atoms with van der Waals surface area (Å²) < 4.78 is 2.01. The van der Waals surface area contributed by atoms with E-state index in [1.807, 2.05) is 65.1 Å². The Morgan fingerprint density at radius 2 is 1.60 bits per heavy atom. The first-order valence-corrected chi connectivity index (χ1v) is 19.1. The lowest BCUT2D eigenvalue weighted by Gasteiger charge is -2.24. The van der Waals surface area contributed by atoms with Crippen molar-refractivity contribution in [3.05, 3.63) is 126 Å². The minimum Gasteiger partial charge on any atom is -0.480 e. The van der Waals surface area contributed by atoms with Gasteiger partial charge in [0, 0.05) is 48.3 Å². The number of carboxylic acids is 1. The second kappa shape index (κ2) is 15.4. The number of nitrogens with one attached hydrogen (secondary N) is 1. The van der Waals surface area contributed by atoms with E-state index in [9.17, 15) is 9.90 Å².